The number of rotatable bonds is 5. The molecule has 22 heavy (non-hydrogen) atoms. The van der Waals surface area contributed by atoms with Gasteiger partial charge in [-0.25, -0.2) is 0 Å². The average Bonchev–Trinajstić information content (AvgIpc) is 2.82. The van der Waals surface area contributed by atoms with Crippen LogP contribution in [0.25, 0.3) is 6.08 Å². The Labute approximate surface area is 127 Å². The molecule has 1 amide bonds. The maximum atomic E-state index is 11.7. The highest BCUT2D eigenvalue weighted by Gasteiger charge is 2.05. The number of aryl methyl sites for hydroxylation is 2. The smallest absolute Gasteiger partial charge is 0.270 e. The highest BCUT2D eigenvalue weighted by atomic mass is 16.6. The zero-order valence-electron chi connectivity index (χ0n) is 12.3. The van der Waals surface area contributed by atoms with Crippen molar-refractivity contribution in [3.63, 3.8) is 0 Å². The Hall–Kier alpha value is -2.96. The van der Waals surface area contributed by atoms with E-state index in [1.807, 2.05) is 20.0 Å². The lowest BCUT2D eigenvalue weighted by Crippen LogP contribution is -2.20. The SMILES string of the molecule is Cc1cc(CNC(=O)/C=C/c2cccc([N+](=O)[O-])c2)nn1C. The molecule has 0 radical (unpaired) electrons. The van der Waals surface area contributed by atoms with Crippen molar-refractivity contribution in [2.45, 2.75) is 13.5 Å². The molecule has 2 aromatic rings. The van der Waals surface area contributed by atoms with Gasteiger partial charge in [0.25, 0.3) is 5.69 Å². The summed E-state index contributed by atoms with van der Waals surface area (Å²) in [5.41, 5.74) is 2.37. The van der Waals surface area contributed by atoms with Crippen LogP contribution in [0.3, 0.4) is 0 Å². The maximum absolute atomic E-state index is 11.7. The highest BCUT2D eigenvalue weighted by Crippen LogP contribution is 2.14. The summed E-state index contributed by atoms with van der Waals surface area (Å²) >= 11 is 0. The summed E-state index contributed by atoms with van der Waals surface area (Å²) in [6.45, 7) is 2.26. The third-order valence-electron chi connectivity index (χ3n) is 3.12. The molecule has 1 heterocycles. The Kier molecular flexibility index (Phi) is 4.67. The lowest BCUT2D eigenvalue weighted by molar-refractivity contribution is -0.384. The first kappa shape index (κ1) is 15.4. The fourth-order valence-electron chi connectivity index (χ4n) is 1.87. The van der Waals surface area contributed by atoms with Gasteiger partial charge in [0.15, 0.2) is 0 Å². The molecule has 7 nitrogen and oxygen atoms in total. The molecule has 0 saturated heterocycles. The third-order valence-corrected chi connectivity index (χ3v) is 3.12. The Bertz CT molecular complexity index is 715. The van der Waals surface area contributed by atoms with Crippen molar-refractivity contribution in [2.75, 3.05) is 0 Å². The summed E-state index contributed by atoms with van der Waals surface area (Å²) in [6, 6.07) is 7.97. The first-order chi connectivity index (χ1) is 10.5. The van der Waals surface area contributed by atoms with Crippen molar-refractivity contribution in [1.29, 1.82) is 0 Å². The number of non-ortho nitro benzene ring substituents is 1. The molecule has 1 N–H and O–H groups in total. The molecule has 0 bridgehead atoms. The summed E-state index contributed by atoms with van der Waals surface area (Å²) in [6.07, 6.45) is 2.88. The number of hydrogen-bond donors (Lipinski definition) is 1. The average molecular weight is 300 g/mol. The number of carbonyl (C=O) groups is 1. The van der Waals surface area contributed by atoms with Gasteiger partial charge in [0.1, 0.15) is 0 Å². The molecular weight excluding hydrogens is 284 g/mol. The van der Waals surface area contributed by atoms with Crippen LogP contribution < -0.4 is 5.32 Å². The monoisotopic (exact) mass is 300 g/mol. The van der Waals surface area contributed by atoms with Crippen LogP contribution >= 0.6 is 0 Å². The third kappa shape index (κ3) is 4.02. The van der Waals surface area contributed by atoms with Gasteiger partial charge in [0, 0.05) is 31.0 Å². The van der Waals surface area contributed by atoms with Gasteiger partial charge in [-0.3, -0.25) is 19.6 Å². The van der Waals surface area contributed by atoms with E-state index in [1.165, 1.54) is 24.3 Å². The van der Waals surface area contributed by atoms with Crippen molar-refractivity contribution < 1.29 is 9.72 Å². The molecule has 0 aliphatic carbocycles. The molecule has 0 spiro atoms. The second kappa shape index (κ2) is 6.66. The summed E-state index contributed by atoms with van der Waals surface area (Å²) in [7, 11) is 1.84. The molecular formula is C15H16N4O3. The van der Waals surface area contributed by atoms with Gasteiger partial charge in [-0.05, 0) is 24.6 Å². The first-order valence-electron chi connectivity index (χ1n) is 6.65. The van der Waals surface area contributed by atoms with E-state index in [4.69, 9.17) is 0 Å². The number of nitrogens with zero attached hydrogens (tertiary/aromatic N) is 3. The van der Waals surface area contributed by atoms with Crippen LogP contribution in [0.1, 0.15) is 17.0 Å². The van der Waals surface area contributed by atoms with Crippen LogP contribution in [0.15, 0.2) is 36.4 Å². The zero-order chi connectivity index (χ0) is 16.1. The van der Waals surface area contributed by atoms with Gasteiger partial charge in [-0.1, -0.05) is 12.1 Å². The lowest BCUT2D eigenvalue weighted by Gasteiger charge is -1.98. The number of amides is 1. The number of aromatic nitrogens is 2. The van der Waals surface area contributed by atoms with E-state index in [2.05, 4.69) is 10.4 Å². The van der Waals surface area contributed by atoms with Crippen LogP contribution in [-0.2, 0) is 18.4 Å². The number of nitro groups is 1. The van der Waals surface area contributed by atoms with Gasteiger partial charge in [0.05, 0.1) is 17.2 Å². The van der Waals surface area contributed by atoms with Crippen LogP contribution in [0, 0.1) is 17.0 Å². The van der Waals surface area contributed by atoms with E-state index >= 15 is 0 Å². The zero-order valence-corrected chi connectivity index (χ0v) is 12.3. The summed E-state index contributed by atoms with van der Waals surface area (Å²) in [4.78, 5) is 21.9. The van der Waals surface area contributed by atoms with E-state index in [-0.39, 0.29) is 11.6 Å². The fraction of sp³-hybridized carbons (Fsp3) is 0.200. The van der Waals surface area contributed by atoms with Crippen LogP contribution in [0.4, 0.5) is 5.69 Å². The Morgan fingerprint density at radius 2 is 2.23 bits per heavy atom. The molecule has 0 saturated carbocycles. The lowest BCUT2D eigenvalue weighted by atomic mass is 10.2. The fourth-order valence-corrected chi connectivity index (χ4v) is 1.87. The van der Waals surface area contributed by atoms with Gasteiger partial charge >= 0.3 is 0 Å². The number of nitrogens with one attached hydrogen (secondary N) is 1. The van der Waals surface area contributed by atoms with E-state index in [9.17, 15) is 14.9 Å². The number of nitro benzene ring substituents is 1. The van der Waals surface area contributed by atoms with E-state index in [0.717, 1.165) is 11.4 Å². The standard InChI is InChI=1S/C15H16N4O3/c1-11-8-13(17-18(11)2)10-16-15(20)7-6-12-4-3-5-14(9-12)19(21)22/h3-9H,10H2,1-2H3,(H,16,20)/b7-6+. The first-order valence-corrected chi connectivity index (χ1v) is 6.65. The molecule has 0 atom stereocenters. The minimum Gasteiger partial charge on any atom is -0.347 e. The van der Waals surface area contributed by atoms with Gasteiger partial charge < -0.3 is 5.32 Å². The molecule has 1 aromatic carbocycles. The molecule has 0 fully saturated rings. The minimum atomic E-state index is -0.471. The van der Waals surface area contributed by atoms with E-state index in [1.54, 1.807) is 16.8 Å². The molecule has 7 heteroatoms. The molecule has 1 aromatic heterocycles. The number of carbonyl (C=O) groups excluding carboxylic acids is 1. The molecule has 0 unspecified atom stereocenters. The van der Waals surface area contributed by atoms with Crippen molar-refractivity contribution in [3.8, 4) is 0 Å². The summed E-state index contributed by atoms with van der Waals surface area (Å²) in [5, 5.41) is 17.6. The van der Waals surface area contributed by atoms with Gasteiger partial charge in [-0.2, -0.15) is 5.10 Å². The quantitative estimate of drug-likeness (QED) is 0.519. The minimum absolute atomic E-state index is 0.00785. The van der Waals surface area contributed by atoms with Crippen molar-refractivity contribution in [3.05, 3.63) is 63.5 Å². The van der Waals surface area contributed by atoms with Gasteiger partial charge in [-0.15, -0.1) is 0 Å². The summed E-state index contributed by atoms with van der Waals surface area (Å²) < 4.78 is 1.74. The second-order valence-electron chi connectivity index (χ2n) is 4.80. The Morgan fingerprint density at radius 1 is 1.45 bits per heavy atom. The van der Waals surface area contributed by atoms with Crippen molar-refractivity contribution >= 4 is 17.7 Å². The highest BCUT2D eigenvalue weighted by molar-refractivity contribution is 5.91. The normalized spacial score (nSPS) is 10.8. The second-order valence-corrected chi connectivity index (χ2v) is 4.80. The topological polar surface area (TPSA) is 90.1 Å². The maximum Gasteiger partial charge on any atom is 0.270 e. The van der Waals surface area contributed by atoms with Crippen LogP contribution in [0.5, 0.6) is 0 Å². The molecule has 0 aliphatic heterocycles. The predicted octanol–water partition coefficient (Wildman–Crippen LogP) is 1.97. The van der Waals surface area contributed by atoms with Crippen LogP contribution in [-0.4, -0.2) is 20.6 Å². The largest absolute Gasteiger partial charge is 0.347 e. The summed E-state index contributed by atoms with van der Waals surface area (Å²) in [5.74, 6) is -0.283. The van der Waals surface area contributed by atoms with Crippen molar-refractivity contribution in [1.82, 2.24) is 15.1 Å². The number of benzene rings is 1. The number of hydrogen-bond acceptors (Lipinski definition) is 4. The molecule has 2 rings (SSSR count). The van der Waals surface area contributed by atoms with Crippen LogP contribution in [0.2, 0.25) is 0 Å². The van der Waals surface area contributed by atoms with Gasteiger partial charge in [0.2, 0.25) is 5.91 Å². The Balaban J connectivity index is 1.93. The Morgan fingerprint density at radius 3 is 2.86 bits per heavy atom. The van der Waals surface area contributed by atoms with Crippen molar-refractivity contribution in [2.24, 2.45) is 7.05 Å². The molecule has 114 valence electrons. The van der Waals surface area contributed by atoms with E-state index < -0.39 is 4.92 Å². The molecule has 0 aliphatic rings. The van der Waals surface area contributed by atoms with E-state index in [0.29, 0.717) is 12.1 Å². The predicted molar refractivity (Wildman–Crippen MR) is 81.9 cm³/mol.